The second kappa shape index (κ2) is 9.59. The van der Waals surface area contributed by atoms with E-state index < -0.39 is 22.2 Å². The molecule has 7 nitrogen and oxygen atoms in total. The van der Waals surface area contributed by atoms with E-state index in [1.807, 2.05) is 19.9 Å². The van der Waals surface area contributed by atoms with Gasteiger partial charge in [0.1, 0.15) is 12.7 Å². The molecule has 2 N–H and O–H groups in total. The molecule has 1 heterocycles. The Morgan fingerprint density at radius 3 is 2.40 bits per heavy atom. The lowest BCUT2D eigenvalue weighted by Crippen LogP contribution is -2.53. The summed E-state index contributed by atoms with van der Waals surface area (Å²) in [6.07, 6.45) is -0.471. The number of amides is 1. The maximum Gasteiger partial charge on any atom is 0.249 e. The van der Waals surface area contributed by atoms with Crippen molar-refractivity contribution < 1.29 is 23.1 Å². The van der Waals surface area contributed by atoms with Gasteiger partial charge in [0.25, 0.3) is 0 Å². The maximum absolute atomic E-state index is 12.4. The molecule has 2 atom stereocenters. The van der Waals surface area contributed by atoms with Crippen LogP contribution in [-0.4, -0.2) is 50.1 Å². The van der Waals surface area contributed by atoms with Gasteiger partial charge in [0.15, 0.2) is 0 Å². The van der Waals surface area contributed by atoms with Crippen LogP contribution >= 0.6 is 0 Å². The molecule has 0 radical (unpaired) electrons. The van der Waals surface area contributed by atoms with Crippen molar-refractivity contribution in [3.63, 3.8) is 0 Å². The molecule has 0 unspecified atom stereocenters. The number of ether oxygens (including phenoxy) is 1. The average molecular weight is 433 g/mol. The average Bonchev–Trinajstić information content (AvgIpc) is 2.70. The lowest BCUT2D eigenvalue weighted by atomic mass is 9.98. The highest BCUT2D eigenvalue weighted by molar-refractivity contribution is 7.91. The first-order valence-corrected chi connectivity index (χ1v) is 11.6. The second-order valence-corrected chi connectivity index (χ2v) is 9.61. The largest absolute Gasteiger partial charge is 0.394 e. The van der Waals surface area contributed by atoms with Gasteiger partial charge in [-0.25, -0.2) is 8.42 Å². The summed E-state index contributed by atoms with van der Waals surface area (Å²) in [5.41, 5.74) is 1.93. The number of anilines is 1. The Hall–Kier alpha value is -2.42. The van der Waals surface area contributed by atoms with Crippen LogP contribution < -0.4 is 4.72 Å². The van der Waals surface area contributed by atoms with Gasteiger partial charge in [0.2, 0.25) is 15.9 Å². The van der Waals surface area contributed by atoms with Crippen LogP contribution in [0.4, 0.5) is 5.69 Å². The second-order valence-electron chi connectivity index (χ2n) is 7.89. The highest BCUT2D eigenvalue weighted by atomic mass is 32.2. The van der Waals surface area contributed by atoms with Gasteiger partial charge in [-0.15, -0.1) is 0 Å². The third-order valence-electron chi connectivity index (χ3n) is 4.92. The van der Waals surface area contributed by atoms with E-state index in [1.54, 1.807) is 53.4 Å². The zero-order chi connectivity index (χ0) is 21.7. The molecule has 1 amide bonds. The van der Waals surface area contributed by atoms with Gasteiger partial charge in [-0.05, 0) is 29.2 Å². The first-order valence-electron chi connectivity index (χ1n) is 9.95. The number of aliphatic hydroxyl groups excluding tert-OH is 1. The number of hydrogen-bond donors (Lipinski definition) is 2. The summed E-state index contributed by atoms with van der Waals surface area (Å²) in [5, 5.41) is 9.91. The third-order valence-corrected chi connectivity index (χ3v) is 6.18. The molecule has 1 aliphatic rings. The fourth-order valence-corrected chi connectivity index (χ4v) is 4.80. The zero-order valence-electron chi connectivity index (χ0n) is 17.2. The molecule has 162 valence electrons. The Morgan fingerprint density at radius 1 is 1.13 bits per heavy atom. The summed E-state index contributed by atoms with van der Waals surface area (Å²) in [6.45, 7) is 4.32. The molecule has 0 bridgehead atoms. The summed E-state index contributed by atoms with van der Waals surface area (Å²) in [6, 6.07) is 15.3. The molecular formula is C22H28N2O5S. The molecule has 1 aliphatic heterocycles. The lowest BCUT2D eigenvalue weighted by Gasteiger charge is -2.41. The quantitative estimate of drug-likeness (QED) is 0.668. The summed E-state index contributed by atoms with van der Waals surface area (Å²) in [4.78, 5) is 13.9. The van der Waals surface area contributed by atoms with Gasteiger partial charge in [0, 0.05) is 12.2 Å². The molecule has 3 rings (SSSR count). The number of carbonyl (C=O) groups excluding carboxylic acids is 1. The van der Waals surface area contributed by atoms with Crippen LogP contribution in [0.5, 0.6) is 0 Å². The molecule has 0 aliphatic carbocycles. The van der Waals surface area contributed by atoms with Crippen molar-refractivity contribution in [3.05, 3.63) is 65.7 Å². The van der Waals surface area contributed by atoms with Crippen LogP contribution in [-0.2, 0) is 25.3 Å². The summed E-state index contributed by atoms with van der Waals surface area (Å²) in [5.74, 6) is 0.0210. The van der Waals surface area contributed by atoms with Gasteiger partial charge in [0.05, 0.1) is 18.4 Å². The standard InChI is InChI=1S/C22H28N2O5S/c1-16(2)12-24-20(13-25)22(29-14-21(24)26)18-8-10-19(11-9-18)23-30(27,28)15-17-6-4-3-5-7-17/h3-11,16,20,22-23,25H,12-15H2,1-2H3/t20-,22-/m1/s1. The Kier molecular flexibility index (Phi) is 7.12. The number of rotatable bonds is 8. The van der Waals surface area contributed by atoms with Crippen molar-refractivity contribution in [1.82, 2.24) is 4.90 Å². The summed E-state index contributed by atoms with van der Waals surface area (Å²) >= 11 is 0. The van der Waals surface area contributed by atoms with Gasteiger partial charge < -0.3 is 14.7 Å². The number of morpholine rings is 1. The van der Waals surface area contributed by atoms with Crippen molar-refractivity contribution in [2.45, 2.75) is 31.7 Å². The highest BCUT2D eigenvalue weighted by Gasteiger charge is 2.37. The fourth-order valence-electron chi connectivity index (χ4n) is 3.60. The van der Waals surface area contributed by atoms with E-state index in [4.69, 9.17) is 4.74 Å². The van der Waals surface area contributed by atoms with E-state index in [-0.39, 0.29) is 30.8 Å². The fraction of sp³-hybridized carbons (Fsp3) is 0.409. The Balaban J connectivity index is 1.72. The van der Waals surface area contributed by atoms with Crippen LogP contribution in [0.3, 0.4) is 0 Å². The van der Waals surface area contributed by atoms with Crippen LogP contribution in [0, 0.1) is 5.92 Å². The Bertz CT molecular complexity index is 945. The topological polar surface area (TPSA) is 95.9 Å². The number of nitrogens with zero attached hydrogens (tertiary/aromatic N) is 1. The SMILES string of the molecule is CC(C)CN1C(=O)CO[C@H](c2ccc(NS(=O)(=O)Cc3ccccc3)cc2)[C@H]1CO. The molecule has 30 heavy (non-hydrogen) atoms. The van der Waals surface area contributed by atoms with E-state index in [1.165, 1.54) is 0 Å². The lowest BCUT2D eigenvalue weighted by molar-refractivity contribution is -0.161. The molecule has 0 saturated carbocycles. The molecular weight excluding hydrogens is 404 g/mol. The van der Waals surface area contributed by atoms with Crippen molar-refractivity contribution in [1.29, 1.82) is 0 Å². The number of sulfonamides is 1. The van der Waals surface area contributed by atoms with Crippen molar-refractivity contribution in [2.24, 2.45) is 5.92 Å². The molecule has 2 aromatic rings. The van der Waals surface area contributed by atoms with Crippen molar-refractivity contribution in [3.8, 4) is 0 Å². The molecule has 0 aromatic heterocycles. The van der Waals surface area contributed by atoms with Crippen LogP contribution in [0.15, 0.2) is 54.6 Å². The van der Waals surface area contributed by atoms with Gasteiger partial charge >= 0.3 is 0 Å². The Morgan fingerprint density at radius 2 is 1.80 bits per heavy atom. The van der Waals surface area contributed by atoms with E-state index >= 15 is 0 Å². The molecule has 1 saturated heterocycles. The van der Waals surface area contributed by atoms with E-state index in [9.17, 15) is 18.3 Å². The van der Waals surface area contributed by atoms with Gasteiger partial charge in [-0.1, -0.05) is 56.3 Å². The normalized spacial score (nSPS) is 19.9. The maximum atomic E-state index is 12.4. The minimum Gasteiger partial charge on any atom is -0.394 e. The predicted octanol–water partition coefficient (Wildman–Crippen LogP) is 2.55. The highest BCUT2D eigenvalue weighted by Crippen LogP contribution is 2.30. The van der Waals surface area contributed by atoms with Gasteiger partial charge in [-0.3, -0.25) is 9.52 Å². The molecule has 2 aromatic carbocycles. The molecule has 1 fully saturated rings. The van der Waals surface area contributed by atoms with Crippen LogP contribution in [0.2, 0.25) is 0 Å². The molecule has 0 spiro atoms. The number of hydrogen-bond acceptors (Lipinski definition) is 5. The van der Waals surface area contributed by atoms with E-state index in [0.717, 1.165) is 5.56 Å². The minimum absolute atomic E-state index is 0.0423. The number of carbonyl (C=O) groups is 1. The Labute approximate surface area is 177 Å². The van der Waals surface area contributed by atoms with E-state index in [2.05, 4.69) is 4.72 Å². The van der Waals surface area contributed by atoms with Crippen molar-refractivity contribution >= 4 is 21.6 Å². The minimum atomic E-state index is -3.54. The van der Waals surface area contributed by atoms with Crippen LogP contribution in [0.1, 0.15) is 31.1 Å². The smallest absolute Gasteiger partial charge is 0.249 e. The van der Waals surface area contributed by atoms with Crippen molar-refractivity contribution in [2.75, 3.05) is 24.5 Å². The number of aliphatic hydroxyl groups is 1. The first-order chi connectivity index (χ1) is 14.3. The van der Waals surface area contributed by atoms with Crippen LogP contribution in [0.25, 0.3) is 0 Å². The molecule has 8 heteroatoms. The van der Waals surface area contributed by atoms with E-state index in [0.29, 0.717) is 17.8 Å². The predicted molar refractivity (Wildman–Crippen MR) is 115 cm³/mol. The third kappa shape index (κ3) is 5.59. The number of nitrogens with one attached hydrogen (secondary N) is 1. The summed E-state index contributed by atoms with van der Waals surface area (Å²) < 4.78 is 33.1. The number of benzene rings is 2. The first kappa shape index (κ1) is 22.3. The zero-order valence-corrected chi connectivity index (χ0v) is 18.0. The summed E-state index contributed by atoms with van der Waals surface area (Å²) in [7, 11) is -3.54. The van der Waals surface area contributed by atoms with Gasteiger partial charge in [-0.2, -0.15) is 0 Å². The monoisotopic (exact) mass is 432 g/mol.